The first-order valence-electron chi connectivity index (χ1n) is 10.8. The topological polar surface area (TPSA) is 93.1 Å². The molecule has 1 aromatic heterocycles. The van der Waals surface area contributed by atoms with Gasteiger partial charge in [-0.25, -0.2) is 9.59 Å². The summed E-state index contributed by atoms with van der Waals surface area (Å²) in [5.74, 6) is 0.100. The molecule has 0 saturated heterocycles. The van der Waals surface area contributed by atoms with Crippen molar-refractivity contribution in [2.24, 2.45) is 0 Å². The summed E-state index contributed by atoms with van der Waals surface area (Å²) in [7, 11) is 4.42. The maximum Gasteiger partial charge on any atom is 0.340 e. The number of aryl methyl sites for hydroxylation is 1. The summed E-state index contributed by atoms with van der Waals surface area (Å²) in [4.78, 5) is 37.5. The molecule has 0 bridgehead atoms. The number of carbonyl (C=O) groups is 3. The molecule has 3 aromatic rings. The van der Waals surface area contributed by atoms with Crippen LogP contribution >= 0.6 is 0 Å². The van der Waals surface area contributed by atoms with Crippen molar-refractivity contribution in [1.29, 1.82) is 0 Å². The minimum absolute atomic E-state index is 0.180. The molecule has 0 unspecified atom stereocenters. The molecule has 176 valence electrons. The lowest BCUT2D eigenvalue weighted by atomic mass is 9.93. The van der Waals surface area contributed by atoms with Crippen LogP contribution in [0.5, 0.6) is 11.5 Å². The van der Waals surface area contributed by atoms with E-state index < -0.39 is 11.9 Å². The highest BCUT2D eigenvalue weighted by atomic mass is 16.5. The van der Waals surface area contributed by atoms with Crippen LogP contribution in [-0.2, 0) is 22.4 Å². The molecule has 0 fully saturated rings. The number of esters is 2. The van der Waals surface area contributed by atoms with Gasteiger partial charge < -0.3 is 23.5 Å². The average Bonchev–Trinajstić information content (AvgIpc) is 3.22. The van der Waals surface area contributed by atoms with E-state index in [2.05, 4.69) is 0 Å². The fraction of sp³-hybridized carbons (Fsp3) is 0.269. The minimum Gasteiger partial charge on any atom is -0.493 e. The van der Waals surface area contributed by atoms with Gasteiger partial charge in [0, 0.05) is 17.7 Å². The molecule has 0 atom stereocenters. The Morgan fingerprint density at radius 3 is 2.26 bits per heavy atom. The normalized spacial score (nSPS) is 11.8. The molecule has 1 aliphatic rings. The number of hydrogen-bond acceptors (Lipinski definition) is 7. The van der Waals surface area contributed by atoms with Crippen molar-refractivity contribution in [3.05, 3.63) is 58.8 Å². The number of fused-ring (bicyclic) bond motifs is 3. The second-order valence-electron chi connectivity index (χ2n) is 7.66. The number of rotatable bonds is 7. The Bertz CT molecular complexity index is 1270. The summed E-state index contributed by atoms with van der Waals surface area (Å²) in [5, 5.41) is 0. The van der Waals surface area contributed by atoms with Crippen molar-refractivity contribution in [1.82, 2.24) is 4.57 Å². The van der Waals surface area contributed by atoms with E-state index >= 15 is 0 Å². The van der Waals surface area contributed by atoms with E-state index in [1.807, 2.05) is 16.7 Å². The van der Waals surface area contributed by atoms with Crippen LogP contribution in [0.3, 0.4) is 0 Å². The quantitative estimate of drug-likeness (QED) is 0.383. The molecule has 4 rings (SSSR count). The van der Waals surface area contributed by atoms with Gasteiger partial charge in [-0.2, -0.15) is 0 Å². The van der Waals surface area contributed by atoms with Crippen molar-refractivity contribution in [2.75, 3.05) is 27.9 Å². The maximum absolute atomic E-state index is 13.3. The van der Waals surface area contributed by atoms with Gasteiger partial charge in [-0.3, -0.25) is 4.79 Å². The zero-order chi connectivity index (χ0) is 24.4. The van der Waals surface area contributed by atoms with Gasteiger partial charge in [-0.1, -0.05) is 12.1 Å². The number of carbonyl (C=O) groups excluding carboxylic acids is 3. The molecular weight excluding hydrogens is 438 g/mol. The highest BCUT2D eigenvalue weighted by Gasteiger charge is 2.33. The monoisotopic (exact) mass is 463 g/mol. The number of methoxy groups -OCH3 is 3. The molecular formula is C26H25NO7. The molecule has 0 radical (unpaired) electrons. The predicted molar refractivity (Wildman–Crippen MR) is 125 cm³/mol. The first-order chi connectivity index (χ1) is 16.5. The predicted octanol–water partition coefficient (Wildman–Crippen LogP) is 4.17. The Kier molecular flexibility index (Phi) is 6.40. The van der Waals surface area contributed by atoms with Gasteiger partial charge in [0.2, 0.25) is 0 Å². The van der Waals surface area contributed by atoms with Crippen molar-refractivity contribution in [2.45, 2.75) is 19.9 Å². The Morgan fingerprint density at radius 2 is 1.68 bits per heavy atom. The maximum atomic E-state index is 13.3. The first kappa shape index (κ1) is 23.1. The van der Waals surface area contributed by atoms with Gasteiger partial charge >= 0.3 is 11.9 Å². The van der Waals surface area contributed by atoms with Crippen LogP contribution < -0.4 is 9.47 Å². The summed E-state index contributed by atoms with van der Waals surface area (Å²) in [6.45, 7) is 2.41. The van der Waals surface area contributed by atoms with Crippen LogP contribution in [0.25, 0.3) is 22.4 Å². The second-order valence-corrected chi connectivity index (χ2v) is 7.66. The van der Waals surface area contributed by atoms with Gasteiger partial charge in [0.25, 0.3) is 0 Å². The molecule has 0 aliphatic carbocycles. The van der Waals surface area contributed by atoms with E-state index in [9.17, 15) is 14.4 Å². The Hall–Kier alpha value is -4.07. The lowest BCUT2D eigenvalue weighted by Crippen LogP contribution is -2.15. The smallest absolute Gasteiger partial charge is 0.340 e. The third-order valence-corrected chi connectivity index (χ3v) is 5.96. The molecule has 2 heterocycles. The third kappa shape index (κ3) is 3.71. The van der Waals surface area contributed by atoms with Crippen molar-refractivity contribution >= 4 is 18.2 Å². The van der Waals surface area contributed by atoms with Crippen molar-refractivity contribution in [3.63, 3.8) is 0 Å². The van der Waals surface area contributed by atoms with E-state index in [1.165, 1.54) is 7.11 Å². The van der Waals surface area contributed by atoms with Crippen LogP contribution in [0.4, 0.5) is 0 Å². The summed E-state index contributed by atoms with van der Waals surface area (Å²) in [6.07, 6.45) is 1.39. The zero-order valence-corrected chi connectivity index (χ0v) is 19.5. The number of nitrogens with zero attached hydrogens (tertiary/aromatic N) is 1. The van der Waals surface area contributed by atoms with Crippen LogP contribution in [0.15, 0.2) is 36.4 Å². The fourth-order valence-electron chi connectivity index (χ4n) is 4.44. The molecule has 0 N–H and O–H groups in total. The summed E-state index contributed by atoms with van der Waals surface area (Å²) in [6, 6.07) is 10.3. The fourth-order valence-corrected chi connectivity index (χ4v) is 4.44. The van der Waals surface area contributed by atoms with Crippen LogP contribution in [0, 0.1) is 0 Å². The molecule has 2 aromatic carbocycles. The summed E-state index contributed by atoms with van der Waals surface area (Å²) >= 11 is 0. The van der Waals surface area contributed by atoms with Crippen LogP contribution in [0.1, 0.15) is 43.7 Å². The molecule has 8 nitrogen and oxygen atoms in total. The number of ether oxygens (including phenoxy) is 4. The lowest BCUT2D eigenvalue weighted by molar-refractivity contribution is 0.0527. The van der Waals surface area contributed by atoms with Gasteiger partial charge in [-0.05, 0) is 48.7 Å². The standard InChI is InChI=1S/C26H25NO7/c1-5-34-26(30)23-22(15-6-8-16(9-7-15)25(29)33-4)19(14-28)27-11-10-17-12-20(31-2)21(32-3)13-18(17)24(23)27/h6-9,12-14H,5,10-11H2,1-4H3. The van der Waals surface area contributed by atoms with E-state index in [4.69, 9.17) is 18.9 Å². The third-order valence-electron chi connectivity index (χ3n) is 5.96. The van der Waals surface area contributed by atoms with Gasteiger partial charge in [0.05, 0.1) is 50.5 Å². The largest absolute Gasteiger partial charge is 0.493 e. The van der Waals surface area contributed by atoms with E-state index in [0.717, 1.165) is 17.4 Å². The van der Waals surface area contributed by atoms with Gasteiger partial charge in [0.15, 0.2) is 17.8 Å². The molecule has 34 heavy (non-hydrogen) atoms. The van der Waals surface area contributed by atoms with Crippen molar-refractivity contribution in [3.8, 4) is 33.9 Å². The van der Waals surface area contributed by atoms with Gasteiger partial charge in [-0.15, -0.1) is 0 Å². The highest BCUT2D eigenvalue weighted by Crippen LogP contribution is 2.45. The number of aldehydes is 1. The van der Waals surface area contributed by atoms with Crippen molar-refractivity contribution < 1.29 is 33.3 Å². The lowest BCUT2D eigenvalue weighted by Gasteiger charge is -2.23. The Labute approximate surface area is 197 Å². The van der Waals surface area contributed by atoms with E-state index in [1.54, 1.807) is 45.4 Å². The Morgan fingerprint density at radius 1 is 1.00 bits per heavy atom. The second kappa shape index (κ2) is 9.43. The van der Waals surface area contributed by atoms with Crippen LogP contribution in [-0.4, -0.2) is 50.7 Å². The number of hydrogen-bond donors (Lipinski definition) is 0. The molecule has 1 aliphatic heterocycles. The minimum atomic E-state index is -0.533. The molecule has 0 saturated carbocycles. The average molecular weight is 463 g/mol. The van der Waals surface area contributed by atoms with Crippen LogP contribution in [0.2, 0.25) is 0 Å². The van der Waals surface area contributed by atoms with E-state index in [0.29, 0.717) is 58.1 Å². The van der Waals surface area contributed by atoms with E-state index in [-0.39, 0.29) is 6.61 Å². The summed E-state index contributed by atoms with van der Waals surface area (Å²) in [5.41, 5.74) is 4.43. The highest BCUT2D eigenvalue weighted by molar-refractivity contribution is 6.09. The first-order valence-corrected chi connectivity index (χ1v) is 10.8. The van der Waals surface area contributed by atoms with Gasteiger partial charge in [0.1, 0.15) is 0 Å². The zero-order valence-electron chi connectivity index (χ0n) is 19.5. The molecule has 0 amide bonds. The number of aromatic nitrogens is 1. The SMILES string of the molecule is CCOC(=O)c1c(-c2ccc(C(=O)OC)cc2)c(C=O)n2c1-c1cc(OC)c(OC)cc1CC2. The molecule has 0 spiro atoms. The number of benzene rings is 2. The Balaban J connectivity index is 2.02. The molecule has 8 heteroatoms. The summed E-state index contributed by atoms with van der Waals surface area (Å²) < 4.78 is 23.0.